The van der Waals surface area contributed by atoms with Crippen molar-refractivity contribution >= 4 is 27.3 Å². The number of nitrogens with zero attached hydrogens (tertiary/aromatic N) is 1. The van der Waals surface area contributed by atoms with Crippen LogP contribution in [-0.2, 0) is 14.8 Å². The summed E-state index contributed by atoms with van der Waals surface area (Å²) in [6.07, 6.45) is 1.07. The maximum Gasteiger partial charge on any atom is 0.245 e. The number of carbonyl (C=O) groups excluding carboxylic acids is 1. The van der Waals surface area contributed by atoms with Gasteiger partial charge in [0.1, 0.15) is 12.3 Å². The summed E-state index contributed by atoms with van der Waals surface area (Å²) in [4.78, 5) is 12.5. The van der Waals surface area contributed by atoms with Crippen LogP contribution in [0.15, 0.2) is 42.5 Å². The Morgan fingerprint density at radius 3 is 2.46 bits per heavy atom. The zero-order valence-corrected chi connectivity index (χ0v) is 16.3. The Kier molecular flexibility index (Phi) is 6.26. The van der Waals surface area contributed by atoms with Crippen LogP contribution in [0.2, 0.25) is 0 Å². The van der Waals surface area contributed by atoms with Crippen molar-refractivity contribution in [2.75, 3.05) is 29.0 Å². The maximum atomic E-state index is 12.5. The molecule has 0 aliphatic rings. The van der Waals surface area contributed by atoms with E-state index in [1.807, 2.05) is 32.9 Å². The van der Waals surface area contributed by atoms with Gasteiger partial charge in [0.05, 0.1) is 18.6 Å². The van der Waals surface area contributed by atoms with E-state index in [2.05, 4.69) is 5.32 Å². The van der Waals surface area contributed by atoms with Crippen LogP contribution in [0.5, 0.6) is 5.75 Å². The van der Waals surface area contributed by atoms with Crippen LogP contribution in [0.1, 0.15) is 18.1 Å². The fourth-order valence-electron chi connectivity index (χ4n) is 2.53. The highest BCUT2D eigenvalue weighted by Gasteiger charge is 2.24. The topological polar surface area (TPSA) is 75.7 Å². The summed E-state index contributed by atoms with van der Waals surface area (Å²) in [5, 5.41) is 2.79. The predicted molar refractivity (Wildman–Crippen MR) is 104 cm³/mol. The molecule has 0 aromatic heterocycles. The van der Waals surface area contributed by atoms with Crippen molar-refractivity contribution in [3.05, 3.63) is 53.6 Å². The maximum absolute atomic E-state index is 12.5. The molecule has 0 heterocycles. The molecule has 0 saturated heterocycles. The third-order valence-electron chi connectivity index (χ3n) is 4.00. The van der Waals surface area contributed by atoms with Crippen LogP contribution in [0, 0.1) is 13.8 Å². The largest absolute Gasteiger partial charge is 0.492 e. The van der Waals surface area contributed by atoms with Crippen LogP contribution in [0.3, 0.4) is 0 Å². The molecule has 0 radical (unpaired) electrons. The highest BCUT2D eigenvalue weighted by Crippen LogP contribution is 2.30. The van der Waals surface area contributed by atoms with Crippen LogP contribution < -0.4 is 14.4 Å². The molecule has 0 atom stereocenters. The van der Waals surface area contributed by atoms with Crippen molar-refractivity contribution in [3.8, 4) is 5.75 Å². The van der Waals surface area contributed by atoms with Crippen LogP contribution in [0.4, 0.5) is 11.4 Å². The van der Waals surface area contributed by atoms with Gasteiger partial charge in [0.2, 0.25) is 15.9 Å². The van der Waals surface area contributed by atoms with E-state index >= 15 is 0 Å². The second-order valence-corrected chi connectivity index (χ2v) is 7.87. The molecular formula is C19H24N2O4S. The number of anilines is 2. The van der Waals surface area contributed by atoms with E-state index in [9.17, 15) is 13.2 Å². The van der Waals surface area contributed by atoms with E-state index in [-0.39, 0.29) is 6.54 Å². The molecule has 140 valence electrons. The minimum atomic E-state index is -3.67. The van der Waals surface area contributed by atoms with E-state index in [1.54, 1.807) is 30.3 Å². The molecule has 0 bridgehead atoms. The fraction of sp³-hybridized carbons (Fsp3) is 0.316. The average Bonchev–Trinajstić information content (AvgIpc) is 2.57. The lowest BCUT2D eigenvalue weighted by Crippen LogP contribution is -2.37. The van der Waals surface area contributed by atoms with Gasteiger partial charge in [-0.2, -0.15) is 0 Å². The molecule has 0 unspecified atom stereocenters. The normalized spacial score (nSPS) is 11.1. The molecule has 0 fully saturated rings. The van der Waals surface area contributed by atoms with Crippen molar-refractivity contribution in [1.82, 2.24) is 0 Å². The smallest absolute Gasteiger partial charge is 0.245 e. The molecule has 0 aliphatic carbocycles. The lowest BCUT2D eigenvalue weighted by molar-refractivity contribution is -0.114. The minimum Gasteiger partial charge on any atom is -0.492 e. The summed E-state index contributed by atoms with van der Waals surface area (Å²) in [7, 11) is -3.67. The van der Waals surface area contributed by atoms with Gasteiger partial charge in [0.15, 0.2) is 0 Å². The molecule has 2 rings (SSSR count). The molecule has 0 saturated carbocycles. The number of para-hydroxylation sites is 2. The lowest BCUT2D eigenvalue weighted by Gasteiger charge is -2.24. The second-order valence-electron chi connectivity index (χ2n) is 5.97. The molecule has 7 heteroatoms. The summed E-state index contributed by atoms with van der Waals surface area (Å²) < 4.78 is 31.1. The van der Waals surface area contributed by atoms with Gasteiger partial charge in [-0.05, 0) is 50.1 Å². The van der Waals surface area contributed by atoms with Crippen molar-refractivity contribution in [2.24, 2.45) is 0 Å². The van der Waals surface area contributed by atoms with E-state index < -0.39 is 15.9 Å². The van der Waals surface area contributed by atoms with Gasteiger partial charge >= 0.3 is 0 Å². The van der Waals surface area contributed by atoms with Gasteiger partial charge < -0.3 is 10.1 Å². The standard InChI is InChI=1S/C19H24N2O4S/c1-5-25-18-12-7-6-11-17(18)21(26(4,23)24)13-19(22)20-16-10-8-9-14(2)15(16)3/h6-12H,5,13H2,1-4H3,(H,20,22). The minimum absolute atomic E-state index is 0.337. The second kappa shape index (κ2) is 8.23. The Morgan fingerprint density at radius 2 is 1.81 bits per heavy atom. The molecule has 26 heavy (non-hydrogen) atoms. The van der Waals surface area contributed by atoms with Crippen molar-refractivity contribution < 1.29 is 17.9 Å². The van der Waals surface area contributed by atoms with Crippen LogP contribution in [0.25, 0.3) is 0 Å². The monoisotopic (exact) mass is 376 g/mol. The van der Waals surface area contributed by atoms with Gasteiger partial charge in [-0.1, -0.05) is 24.3 Å². The lowest BCUT2D eigenvalue weighted by atomic mass is 10.1. The van der Waals surface area contributed by atoms with E-state index in [1.165, 1.54) is 0 Å². The third-order valence-corrected chi connectivity index (χ3v) is 5.13. The first-order chi connectivity index (χ1) is 12.2. The molecule has 0 aliphatic heterocycles. The number of sulfonamides is 1. The van der Waals surface area contributed by atoms with E-state index in [0.717, 1.165) is 21.7 Å². The summed E-state index contributed by atoms with van der Waals surface area (Å²) in [6, 6.07) is 12.3. The van der Waals surface area contributed by atoms with E-state index in [0.29, 0.717) is 23.7 Å². The van der Waals surface area contributed by atoms with Crippen molar-refractivity contribution in [3.63, 3.8) is 0 Å². The Balaban J connectivity index is 2.30. The molecular weight excluding hydrogens is 352 g/mol. The highest BCUT2D eigenvalue weighted by molar-refractivity contribution is 7.92. The van der Waals surface area contributed by atoms with Gasteiger partial charge in [-0.3, -0.25) is 9.10 Å². The zero-order chi connectivity index (χ0) is 19.3. The van der Waals surface area contributed by atoms with Crippen molar-refractivity contribution in [2.45, 2.75) is 20.8 Å². The SMILES string of the molecule is CCOc1ccccc1N(CC(=O)Nc1cccc(C)c1C)S(C)(=O)=O. The quantitative estimate of drug-likeness (QED) is 0.806. The van der Waals surface area contributed by atoms with Crippen LogP contribution >= 0.6 is 0 Å². The zero-order valence-electron chi connectivity index (χ0n) is 15.4. The van der Waals surface area contributed by atoms with Crippen molar-refractivity contribution in [1.29, 1.82) is 0 Å². The molecule has 1 amide bonds. The summed E-state index contributed by atoms with van der Waals surface area (Å²) >= 11 is 0. The number of rotatable bonds is 7. The number of benzene rings is 2. The molecule has 2 aromatic carbocycles. The Bertz CT molecular complexity index is 894. The summed E-state index contributed by atoms with van der Waals surface area (Å²) in [6.45, 7) is 5.73. The number of ether oxygens (including phenoxy) is 1. The van der Waals surface area contributed by atoms with Gasteiger partial charge in [0, 0.05) is 5.69 Å². The van der Waals surface area contributed by atoms with E-state index in [4.69, 9.17) is 4.74 Å². The number of nitrogens with one attached hydrogen (secondary N) is 1. The van der Waals surface area contributed by atoms with Gasteiger partial charge in [0.25, 0.3) is 0 Å². The number of hydrogen-bond donors (Lipinski definition) is 1. The Labute approximate surface area is 154 Å². The number of hydrogen-bond acceptors (Lipinski definition) is 4. The predicted octanol–water partition coefficient (Wildman–Crippen LogP) is 3.11. The van der Waals surface area contributed by atoms with Gasteiger partial charge in [-0.15, -0.1) is 0 Å². The molecule has 0 spiro atoms. The molecule has 6 nitrogen and oxygen atoms in total. The third kappa shape index (κ3) is 4.76. The first-order valence-corrected chi connectivity index (χ1v) is 10.1. The Morgan fingerprint density at radius 1 is 1.12 bits per heavy atom. The first kappa shape index (κ1) is 19.8. The summed E-state index contributed by atoms with van der Waals surface area (Å²) in [5.41, 5.74) is 3.00. The van der Waals surface area contributed by atoms with Crippen LogP contribution in [-0.4, -0.2) is 33.7 Å². The molecule has 2 aromatic rings. The fourth-order valence-corrected chi connectivity index (χ4v) is 3.39. The number of aryl methyl sites for hydroxylation is 1. The highest BCUT2D eigenvalue weighted by atomic mass is 32.2. The summed E-state index contributed by atoms with van der Waals surface area (Å²) in [5.74, 6) is -0.00427. The Hall–Kier alpha value is -2.54. The van der Waals surface area contributed by atoms with Gasteiger partial charge in [-0.25, -0.2) is 8.42 Å². The molecule has 1 N–H and O–H groups in total. The first-order valence-electron chi connectivity index (χ1n) is 8.29. The number of amides is 1. The average molecular weight is 376 g/mol. The number of carbonyl (C=O) groups is 1.